The molecule has 0 saturated heterocycles. The van der Waals surface area contributed by atoms with Crippen LogP contribution in [0.15, 0.2) is 24.4 Å². The number of nitrogens with one attached hydrogen (secondary N) is 2. The number of carbonyl (C=O) groups excluding carboxylic acids is 1. The van der Waals surface area contributed by atoms with Crippen LogP contribution >= 0.6 is 0 Å². The zero-order valence-corrected chi connectivity index (χ0v) is 10.4. The van der Waals surface area contributed by atoms with E-state index in [2.05, 4.69) is 17.2 Å². The lowest BCUT2D eigenvalue weighted by molar-refractivity contribution is 0.0937. The molecule has 94 valence electrons. The molecular formula is C14H17N3O. The summed E-state index contributed by atoms with van der Waals surface area (Å²) in [5.74, 6) is 0.635. The fraction of sp³-hybridized carbons (Fsp3) is 0.357. The third kappa shape index (κ3) is 1.94. The van der Waals surface area contributed by atoms with Crippen molar-refractivity contribution in [2.24, 2.45) is 5.92 Å². The van der Waals surface area contributed by atoms with E-state index in [1.54, 1.807) is 6.20 Å². The van der Waals surface area contributed by atoms with Crippen molar-refractivity contribution < 1.29 is 4.79 Å². The second-order valence-corrected chi connectivity index (χ2v) is 5.11. The molecule has 1 aromatic carbocycles. The molecule has 1 amide bonds. The van der Waals surface area contributed by atoms with Crippen LogP contribution in [0.25, 0.3) is 10.9 Å². The van der Waals surface area contributed by atoms with Crippen molar-refractivity contribution in [1.82, 2.24) is 10.3 Å². The zero-order chi connectivity index (χ0) is 12.7. The molecule has 0 aliphatic heterocycles. The van der Waals surface area contributed by atoms with E-state index in [0.717, 1.165) is 10.9 Å². The molecule has 1 fully saturated rings. The van der Waals surface area contributed by atoms with Crippen LogP contribution in [-0.4, -0.2) is 16.9 Å². The van der Waals surface area contributed by atoms with Gasteiger partial charge in [0.1, 0.15) is 0 Å². The lowest BCUT2D eigenvalue weighted by Crippen LogP contribution is -2.33. The molecule has 0 bridgehead atoms. The summed E-state index contributed by atoms with van der Waals surface area (Å²) in [4.78, 5) is 15.3. The van der Waals surface area contributed by atoms with Crippen molar-refractivity contribution in [2.75, 3.05) is 5.73 Å². The highest BCUT2D eigenvalue weighted by molar-refractivity contribution is 6.07. The smallest absolute Gasteiger partial charge is 0.253 e. The number of anilines is 1. The number of nitrogen functional groups attached to an aromatic ring is 1. The van der Waals surface area contributed by atoms with Crippen molar-refractivity contribution >= 4 is 22.5 Å². The number of aromatic nitrogens is 1. The first kappa shape index (κ1) is 11.1. The Kier molecular flexibility index (Phi) is 2.51. The van der Waals surface area contributed by atoms with Crippen molar-refractivity contribution in [2.45, 2.75) is 25.8 Å². The van der Waals surface area contributed by atoms with E-state index in [4.69, 9.17) is 5.73 Å². The maximum absolute atomic E-state index is 12.2. The summed E-state index contributed by atoms with van der Waals surface area (Å²) in [6.07, 6.45) is 4.20. The third-order valence-electron chi connectivity index (χ3n) is 3.64. The number of benzene rings is 1. The number of hydrogen-bond acceptors (Lipinski definition) is 2. The van der Waals surface area contributed by atoms with Gasteiger partial charge in [-0.25, -0.2) is 0 Å². The second kappa shape index (κ2) is 4.05. The molecule has 1 saturated carbocycles. The largest absolute Gasteiger partial charge is 0.399 e. The van der Waals surface area contributed by atoms with Crippen molar-refractivity contribution in [3.8, 4) is 0 Å². The van der Waals surface area contributed by atoms with E-state index >= 15 is 0 Å². The van der Waals surface area contributed by atoms with E-state index in [9.17, 15) is 4.79 Å². The van der Waals surface area contributed by atoms with Gasteiger partial charge < -0.3 is 16.0 Å². The minimum Gasteiger partial charge on any atom is -0.399 e. The van der Waals surface area contributed by atoms with Crippen LogP contribution in [0.3, 0.4) is 0 Å². The Morgan fingerprint density at radius 1 is 1.50 bits per heavy atom. The summed E-state index contributed by atoms with van der Waals surface area (Å²) < 4.78 is 0. The Bertz CT molecular complexity index is 598. The molecule has 1 aromatic heterocycles. The predicted octanol–water partition coefficient (Wildman–Crippen LogP) is 2.28. The minimum absolute atomic E-state index is 0.0220. The molecule has 4 heteroatoms. The van der Waals surface area contributed by atoms with Gasteiger partial charge in [-0.15, -0.1) is 0 Å². The lowest BCUT2D eigenvalue weighted by Gasteiger charge is -2.12. The molecule has 4 N–H and O–H groups in total. The normalized spacial score (nSPS) is 16.7. The van der Waals surface area contributed by atoms with Crippen molar-refractivity contribution in [1.29, 1.82) is 0 Å². The van der Waals surface area contributed by atoms with Gasteiger partial charge >= 0.3 is 0 Å². The van der Waals surface area contributed by atoms with Crippen LogP contribution in [0.5, 0.6) is 0 Å². The molecule has 4 nitrogen and oxygen atoms in total. The van der Waals surface area contributed by atoms with Gasteiger partial charge in [0, 0.05) is 28.8 Å². The minimum atomic E-state index is -0.0220. The molecule has 1 aliphatic rings. The van der Waals surface area contributed by atoms with Crippen LogP contribution in [0.1, 0.15) is 30.1 Å². The van der Waals surface area contributed by atoms with Gasteiger partial charge in [0.05, 0.1) is 5.56 Å². The first-order chi connectivity index (χ1) is 8.65. The molecule has 1 unspecified atom stereocenters. The summed E-state index contributed by atoms with van der Waals surface area (Å²) in [6, 6.07) is 5.81. The van der Waals surface area contributed by atoms with Gasteiger partial charge in [0.15, 0.2) is 0 Å². The number of hydrogen-bond donors (Lipinski definition) is 3. The Morgan fingerprint density at radius 2 is 2.28 bits per heavy atom. The topological polar surface area (TPSA) is 70.9 Å². The average Bonchev–Trinajstić information content (AvgIpc) is 3.10. The Labute approximate surface area is 106 Å². The Hall–Kier alpha value is -1.97. The van der Waals surface area contributed by atoms with Gasteiger partial charge in [-0.05, 0) is 43.9 Å². The van der Waals surface area contributed by atoms with Crippen LogP contribution in [0, 0.1) is 5.92 Å². The maximum atomic E-state index is 12.2. The first-order valence-corrected chi connectivity index (χ1v) is 6.32. The fourth-order valence-corrected chi connectivity index (χ4v) is 2.32. The summed E-state index contributed by atoms with van der Waals surface area (Å²) in [5, 5.41) is 3.94. The molecule has 1 aliphatic carbocycles. The van der Waals surface area contributed by atoms with Gasteiger partial charge in [-0.2, -0.15) is 0 Å². The molecule has 0 radical (unpaired) electrons. The molecule has 1 heterocycles. The van der Waals surface area contributed by atoms with Crippen molar-refractivity contribution in [3.05, 3.63) is 30.0 Å². The molecule has 3 rings (SSSR count). The summed E-state index contributed by atoms with van der Waals surface area (Å²) in [7, 11) is 0. The van der Waals surface area contributed by atoms with E-state index in [1.165, 1.54) is 12.8 Å². The Balaban J connectivity index is 1.88. The SMILES string of the molecule is CC(NC(=O)c1c[nH]c2ccc(N)cc12)C1CC1. The van der Waals surface area contributed by atoms with Gasteiger partial charge in [0.25, 0.3) is 5.91 Å². The summed E-state index contributed by atoms with van der Waals surface area (Å²) in [5.41, 5.74) is 8.05. The molecule has 2 aromatic rings. The average molecular weight is 243 g/mol. The highest BCUT2D eigenvalue weighted by atomic mass is 16.1. The number of fused-ring (bicyclic) bond motifs is 1. The number of nitrogens with two attached hydrogens (primary N) is 1. The lowest BCUT2D eigenvalue weighted by atomic mass is 10.1. The van der Waals surface area contributed by atoms with Gasteiger partial charge in [-0.1, -0.05) is 0 Å². The molecule has 18 heavy (non-hydrogen) atoms. The van der Waals surface area contributed by atoms with Crippen LogP contribution < -0.4 is 11.1 Å². The second-order valence-electron chi connectivity index (χ2n) is 5.11. The third-order valence-corrected chi connectivity index (χ3v) is 3.64. The molecular weight excluding hydrogens is 226 g/mol. The number of carbonyl (C=O) groups is 1. The highest BCUT2D eigenvalue weighted by Crippen LogP contribution is 2.32. The van der Waals surface area contributed by atoms with Crippen LogP contribution in [0.2, 0.25) is 0 Å². The van der Waals surface area contributed by atoms with Gasteiger partial charge in [-0.3, -0.25) is 4.79 Å². The Morgan fingerprint density at radius 3 is 3.00 bits per heavy atom. The number of rotatable bonds is 3. The summed E-state index contributed by atoms with van der Waals surface area (Å²) >= 11 is 0. The highest BCUT2D eigenvalue weighted by Gasteiger charge is 2.29. The maximum Gasteiger partial charge on any atom is 0.253 e. The number of aromatic amines is 1. The van der Waals surface area contributed by atoms with Crippen LogP contribution in [0.4, 0.5) is 5.69 Å². The standard InChI is InChI=1S/C14H17N3O/c1-8(9-2-3-9)17-14(18)12-7-16-13-5-4-10(15)6-11(12)13/h4-9,16H,2-3,15H2,1H3,(H,17,18). The summed E-state index contributed by atoms with van der Waals surface area (Å²) in [6.45, 7) is 2.07. The zero-order valence-electron chi connectivity index (χ0n) is 10.4. The number of amides is 1. The van der Waals surface area contributed by atoms with E-state index in [0.29, 0.717) is 17.2 Å². The first-order valence-electron chi connectivity index (χ1n) is 6.32. The van der Waals surface area contributed by atoms with Crippen LogP contribution in [-0.2, 0) is 0 Å². The monoisotopic (exact) mass is 243 g/mol. The van der Waals surface area contributed by atoms with E-state index in [1.807, 2.05) is 18.2 Å². The van der Waals surface area contributed by atoms with E-state index in [-0.39, 0.29) is 11.9 Å². The molecule has 0 spiro atoms. The molecule has 1 atom stereocenters. The predicted molar refractivity (Wildman–Crippen MR) is 72.4 cm³/mol. The van der Waals surface area contributed by atoms with E-state index < -0.39 is 0 Å². The number of H-pyrrole nitrogens is 1. The van der Waals surface area contributed by atoms with Gasteiger partial charge in [0.2, 0.25) is 0 Å². The quantitative estimate of drug-likeness (QED) is 0.724. The van der Waals surface area contributed by atoms with Crippen molar-refractivity contribution in [3.63, 3.8) is 0 Å². The fourth-order valence-electron chi connectivity index (χ4n) is 2.32.